The van der Waals surface area contributed by atoms with Crippen molar-refractivity contribution in [1.29, 1.82) is 0 Å². The zero-order chi connectivity index (χ0) is 21.8. The van der Waals surface area contributed by atoms with Gasteiger partial charge in [-0.25, -0.2) is 8.42 Å². The molecule has 1 aromatic rings. The Kier molecular flexibility index (Phi) is 7.79. The number of amides is 1. The van der Waals surface area contributed by atoms with Crippen LogP contribution >= 0.6 is 0 Å². The summed E-state index contributed by atoms with van der Waals surface area (Å²) in [5.74, 6) is -1.10. The Labute approximate surface area is 172 Å². The monoisotopic (exact) mass is 426 g/mol. The first kappa shape index (κ1) is 23.3. The second kappa shape index (κ2) is 9.69. The molecule has 162 valence electrons. The standard InChI is InChI=1S/C20H30N2O6S/c1-6-21(11-14(2)20(24)27-5)19(23)17-7-9-18(10-8-17)29(25,26)22-12-15(3)28-16(4)13-22/h7-10,14-16H,6,11-13H2,1-5H3. The van der Waals surface area contributed by atoms with Gasteiger partial charge in [0.05, 0.1) is 30.1 Å². The van der Waals surface area contributed by atoms with E-state index in [2.05, 4.69) is 0 Å². The predicted molar refractivity (Wildman–Crippen MR) is 108 cm³/mol. The average Bonchev–Trinajstić information content (AvgIpc) is 2.70. The highest BCUT2D eigenvalue weighted by atomic mass is 32.2. The van der Waals surface area contributed by atoms with Crippen molar-refractivity contribution in [3.8, 4) is 0 Å². The number of morpholine rings is 1. The molecule has 0 bridgehead atoms. The third-order valence-corrected chi connectivity index (χ3v) is 6.74. The van der Waals surface area contributed by atoms with Crippen molar-refractivity contribution in [3.63, 3.8) is 0 Å². The van der Waals surface area contributed by atoms with Crippen LogP contribution in [0.3, 0.4) is 0 Å². The van der Waals surface area contributed by atoms with Crippen LogP contribution in [0.5, 0.6) is 0 Å². The SMILES string of the molecule is CCN(CC(C)C(=O)OC)C(=O)c1ccc(S(=O)(=O)N2CC(C)OC(C)C2)cc1. The first-order valence-electron chi connectivity index (χ1n) is 9.72. The molecule has 8 nitrogen and oxygen atoms in total. The molecule has 0 saturated carbocycles. The van der Waals surface area contributed by atoms with Gasteiger partial charge >= 0.3 is 5.97 Å². The van der Waals surface area contributed by atoms with Crippen LogP contribution < -0.4 is 0 Å². The molecule has 3 atom stereocenters. The molecule has 1 aromatic carbocycles. The van der Waals surface area contributed by atoms with Gasteiger partial charge < -0.3 is 14.4 Å². The van der Waals surface area contributed by atoms with Crippen LogP contribution in [0.1, 0.15) is 38.1 Å². The first-order chi connectivity index (χ1) is 13.6. The van der Waals surface area contributed by atoms with Gasteiger partial charge in [-0.2, -0.15) is 4.31 Å². The number of hydrogen-bond donors (Lipinski definition) is 0. The molecule has 1 aliphatic rings. The topological polar surface area (TPSA) is 93.2 Å². The fourth-order valence-electron chi connectivity index (χ4n) is 3.39. The zero-order valence-corrected chi connectivity index (χ0v) is 18.4. The van der Waals surface area contributed by atoms with E-state index in [0.717, 1.165) is 0 Å². The molecule has 1 heterocycles. The van der Waals surface area contributed by atoms with Crippen molar-refractivity contribution in [1.82, 2.24) is 9.21 Å². The highest BCUT2D eigenvalue weighted by Crippen LogP contribution is 2.22. The summed E-state index contributed by atoms with van der Waals surface area (Å²) < 4.78 is 37.6. The van der Waals surface area contributed by atoms with Gasteiger partial charge in [0.25, 0.3) is 5.91 Å². The third kappa shape index (κ3) is 5.55. The van der Waals surface area contributed by atoms with Gasteiger partial charge in [0.1, 0.15) is 0 Å². The Hall–Kier alpha value is -1.97. The largest absolute Gasteiger partial charge is 0.469 e. The van der Waals surface area contributed by atoms with Gasteiger partial charge in [0.15, 0.2) is 0 Å². The molecular formula is C20H30N2O6S. The number of methoxy groups -OCH3 is 1. The van der Waals surface area contributed by atoms with Gasteiger partial charge in [0, 0.05) is 31.7 Å². The van der Waals surface area contributed by atoms with E-state index < -0.39 is 15.9 Å². The van der Waals surface area contributed by atoms with Crippen molar-refractivity contribution in [2.45, 2.75) is 44.8 Å². The molecule has 0 N–H and O–H groups in total. The molecule has 3 unspecified atom stereocenters. The summed E-state index contributed by atoms with van der Waals surface area (Å²) in [5, 5.41) is 0. The maximum absolute atomic E-state index is 12.9. The van der Waals surface area contributed by atoms with Crippen LogP contribution in [-0.4, -0.2) is 75.0 Å². The molecule has 0 aromatic heterocycles. The van der Waals surface area contributed by atoms with Crippen molar-refractivity contribution in [2.75, 3.05) is 33.3 Å². The lowest BCUT2D eigenvalue weighted by atomic mass is 10.1. The molecule has 1 aliphatic heterocycles. The van der Waals surface area contributed by atoms with Crippen molar-refractivity contribution in [3.05, 3.63) is 29.8 Å². The van der Waals surface area contributed by atoms with Crippen LogP contribution in [0.25, 0.3) is 0 Å². The fraction of sp³-hybridized carbons (Fsp3) is 0.600. The summed E-state index contributed by atoms with van der Waals surface area (Å²) in [4.78, 5) is 26.1. The molecule has 0 aliphatic carbocycles. The van der Waals surface area contributed by atoms with Crippen LogP contribution in [0.2, 0.25) is 0 Å². The Morgan fingerprint density at radius 1 is 1.21 bits per heavy atom. The number of hydrogen-bond acceptors (Lipinski definition) is 6. The number of carbonyl (C=O) groups is 2. The van der Waals surface area contributed by atoms with Crippen molar-refractivity contribution in [2.24, 2.45) is 5.92 Å². The van der Waals surface area contributed by atoms with Gasteiger partial charge in [-0.1, -0.05) is 6.92 Å². The molecule has 1 amide bonds. The van der Waals surface area contributed by atoms with Crippen LogP contribution in [0.4, 0.5) is 0 Å². The summed E-state index contributed by atoms with van der Waals surface area (Å²) in [5.41, 5.74) is 0.367. The number of rotatable bonds is 7. The zero-order valence-electron chi connectivity index (χ0n) is 17.6. The number of sulfonamides is 1. The number of nitrogens with zero attached hydrogens (tertiary/aromatic N) is 2. The van der Waals surface area contributed by atoms with Crippen LogP contribution in [0, 0.1) is 5.92 Å². The van der Waals surface area contributed by atoms with E-state index in [9.17, 15) is 18.0 Å². The minimum atomic E-state index is -3.66. The first-order valence-corrected chi connectivity index (χ1v) is 11.2. The minimum Gasteiger partial charge on any atom is -0.469 e. The molecule has 1 fully saturated rings. The lowest BCUT2D eigenvalue weighted by Crippen LogP contribution is -2.48. The molecule has 9 heteroatoms. The third-order valence-electron chi connectivity index (χ3n) is 4.89. The van der Waals surface area contributed by atoms with Gasteiger partial charge in [-0.3, -0.25) is 9.59 Å². The normalized spacial score (nSPS) is 21.4. The summed E-state index contributed by atoms with van der Waals surface area (Å²) in [6, 6.07) is 5.91. The van der Waals surface area contributed by atoms with Crippen molar-refractivity contribution >= 4 is 21.9 Å². The highest BCUT2D eigenvalue weighted by Gasteiger charge is 2.32. The smallest absolute Gasteiger partial charge is 0.310 e. The number of ether oxygens (including phenoxy) is 2. The Balaban J connectivity index is 2.16. The molecule has 0 radical (unpaired) electrons. The highest BCUT2D eigenvalue weighted by molar-refractivity contribution is 7.89. The summed E-state index contributed by atoms with van der Waals surface area (Å²) in [6.07, 6.45) is -0.353. The van der Waals surface area contributed by atoms with Gasteiger partial charge in [-0.15, -0.1) is 0 Å². The van der Waals surface area contributed by atoms with E-state index in [1.165, 1.54) is 40.6 Å². The lowest BCUT2D eigenvalue weighted by Gasteiger charge is -2.34. The summed E-state index contributed by atoms with van der Waals surface area (Å²) in [7, 11) is -2.35. The van der Waals surface area contributed by atoms with Crippen LogP contribution in [-0.2, 0) is 24.3 Å². The van der Waals surface area contributed by atoms with E-state index in [1.54, 1.807) is 6.92 Å². The van der Waals surface area contributed by atoms with E-state index in [1.807, 2.05) is 20.8 Å². The average molecular weight is 427 g/mol. The second-order valence-electron chi connectivity index (χ2n) is 7.37. The summed E-state index contributed by atoms with van der Waals surface area (Å²) in [6.45, 7) is 8.44. The van der Waals surface area contributed by atoms with E-state index in [0.29, 0.717) is 25.2 Å². The van der Waals surface area contributed by atoms with Gasteiger partial charge in [0.2, 0.25) is 10.0 Å². The lowest BCUT2D eigenvalue weighted by molar-refractivity contribution is -0.145. The maximum Gasteiger partial charge on any atom is 0.310 e. The molecule has 1 saturated heterocycles. The number of esters is 1. The Morgan fingerprint density at radius 3 is 2.24 bits per heavy atom. The number of carbonyl (C=O) groups excluding carboxylic acids is 2. The van der Waals surface area contributed by atoms with E-state index in [4.69, 9.17) is 9.47 Å². The van der Waals surface area contributed by atoms with E-state index >= 15 is 0 Å². The molecule has 0 spiro atoms. The molecule has 2 rings (SSSR count). The molecular weight excluding hydrogens is 396 g/mol. The fourth-order valence-corrected chi connectivity index (χ4v) is 4.98. The Morgan fingerprint density at radius 2 is 1.76 bits per heavy atom. The Bertz CT molecular complexity index is 814. The molecule has 29 heavy (non-hydrogen) atoms. The van der Waals surface area contributed by atoms with E-state index in [-0.39, 0.29) is 35.5 Å². The van der Waals surface area contributed by atoms with Crippen LogP contribution in [0.15, 0.2) is 29.2 Å². The quantitative estimate of drug-likeness (QED) is 0.617. The second-order valence-corrected chi connectivity index (χ2v) is 9.31. The van der Waals surface area contributed by atoms with Crippen molar-refractivity contribution < 1.29 is 27.5 Å². The maximum atomic E-state index is 12.9. The minimum absolute atomic E-state index is 0.140. The van der Waals surface area contributed by atoms with Gasteiger partial charge in [-0.05, 0) is 45.0 Å². The predicted octanol–water partition coefficient (Wildman–Crippen LogP) is 1.76. The summed E-state index contributed by atoms with van der Waals surface area (Å²) >= 11 is 0. The number of benzene rings is 1.